The Balaban J connectivity index is 2.16. The minimum atomic E-state index is 0.553. The molecule has 1 N–H and O–H groups in total. The predicted octanol–water partition coefficient (Wildman–Crippen LogP) is 3.07. The average Bonchev–Trinajstić information content (AvgIpc) is 2.50. The van der Waals surface area contributed by atoms with E-state index in [0.717, 1.165) is 6.54 Å². The highest BCUT2D eigenvalue weighted by Crippen LogP contribution is 2.23. The van der Waals surface area contributed by atoms with Crippen molar-refractivity contribution in [3.8, 4) is 0 Å². The quantitative estimate of drug-likeness (QED) is 0.782. The molecule has 82 valence electrons. The molecule has 2 rings (SSSR count). The van der Waals surface area contributed by atoms with E-state index in [1.54, 1.807) is 0 Å². The minimum absolute atomic E-state index is 0.553. The van der Waals surface area contributed by atoms with Gasteiger partial charge in [0, 0.05) is 11.8 Å². The molecule has 1 aromatic rings. The summed E-state index contributed by atoms with van der Waals surface area (Å²) in [4.78, 5) is 0. The van der Waals surface area contributed by atoms with Crippen LogP contribution in [0.5, 0.6) is 0 Å². The van der Waals surface area contributed by atoms with Crippen molar-refractivity contribution >= 4 is 11.8 Å². The first kappa shape index (κ1) is 11.0. The molecule has 0 aromatic heterocycles. The van der Waals surface area contributed by atoms with Crippen molar-refractivity contribution < 1.29 is 0 Å². The van der Waals surface area contributed by atoms with Crippen molar-refractivity contribution in [2.45, 2.75) is 26.3 Å². The molecule has 0 amide bonds. The number of thioether (sulfide) groups is 1. The number of benzene rings is 1. The van der Waals surface area contributed by atoms with E-state index in [0.29, 0.717) is 6.04 Å². The molecule has 1 aliphatic heterocycles. The fourth-order valence-electron chi connectivity index (χ4n) is 1.91. The standard InChI is InChI=1S/C13H19NS/c1-10-4-5-12(8-11(10)2)13-9-15-7-3-6-14-13/h4-5,8,13-14H,3,6-7,9H2,1-2H3. The van der Waals surface area contributed by atoms with Crippen LogP contribution >= 0.6 is 11.8 Å². The van der Waals surface area contributed by atoms with Gasteiger partial charge in [0.1, 0.15) is 0 Å². The molecule has 15 heavy (non-hydrogen) atoms. The summed E-state index contributed by atoms with van der Waals surface area (Å²) in [6.07, 6.45) is 1.30. The summed E-state index contributed by atoms with van der Waals surface area (Å²) in [7, 11) is 0. The molecule has 1 heterocycles. The first-order chi connectivity index (χ1) is 7.27. The molecule has 0 bridgehead atoms. The molecule has 2 heteroatoms. The molecule has 1 aromatic carbocycles. The third kappa shape index (κ3) is 2.76. The second-order valence-corrected chi connectivity index (χ2v) is 5.43. The Morgan fingerprint density at radius 1 is 1.27 bits per heavy atom. The number of hydrogen-bond acceptors (Lipinski definition) is 2. The van der Waals surface area contributed by atoms with Crippen LogP contribution < -0.4 is 5.32 Å². The Labute approximate surface area is 96.7 Å². The average molecular weight is 221 g/mol. The highest BCUT2D eigenvalue weighted by molar-refractivity contribution is 7.99. The van der Waals surface area contributed by atoms with Gasteiger partial charge in [-0.1, -0.05) is 18.2 Å². The topological polar surface area (TPSA) is 12.0 Å². The van der Waals surface area contributed by atoms with Gasteiger partial charge in [-0.2, -0.15) is 11.8 Å². The van der Waals surface area contributed by atoms with Gasteiger partial charge in [-0.05, 0) is 49.3 Å². The first-order valence-electron chi connectivity index (χ1n) is 5.65. The van der Waals surface area contributed by atoms with Crippen molar-refractivity contribution in [1.82, 2.24) is 5.32 Å². The van der Waals surface area contributed by atoms with E-state index >= 15 is 0 Å². The largest absolute Gasteiger partial charge is 0.309 e. The maximum Gasteiger partial charge on any atom is 0.0411 e. The van der Waals surface area contributed by atoms with E-state index in [2.05, 4.69) is 49.1 Å². The lowest BCUT2D eigenvalue weighted by Crippen LogP contribution is -2.22. The van der Waals surface area contributed by atoms with Crippen LogP contribution in [-0.4, -0.2) is 18.1 Å². The van der Waals surface area contributed by atoms with E-state index in [4.69, 9.17) is 0 Å². The molecule has 1 saturated heterocycles. The molecule has 0 spiro atoms. The Hall–Kier alpha value is -0.470. The molecule has 1 fully saturated rings. The monoisotopic (exact) mass is 221 g/mol. The normalized spacial score (nSPS) is 22.4. The molecule has 0 radical (unpaired) electrons. The van der Waals surface area contributed by atoms with E-state index in [-0.39, 0.29) is 0 Å². The van der Waals surface area contributed by atoms with Gasteiger partial charge in [0.05, 0.1) is 0 Å². The highest BCUT2D eigenvalue weighted by Gasteiger charge is 2.13. The summed E-state index contributed by atoms with van der Waals surface area (Å²) in [6.45, 7) is 5.53. The zero-order valence-corrected chi connectivity index (χ0v) is 10.4. The molecule has 0 saturated carbocycles. The highest BCUT2D eigenvalue weighted by atomic mass is 32.2. The van der Waals surface area contributed by atoms with Crippen molar-refractivity contribution in [2.24, 2.45) is 0 Å². The molecule has 1 unspecified atom stereocenters. The van der Waals surface area contributed by atoms with Crippen LogP contribution in [0.3, 0.4) is 0 Å². The molecular weight excluding hydrogens is 202 g/mol. The van der Waals surface area contributed by atoms with E-state index in [1.807, 2.05) is 0 Å². The summed E-state index contributed by atoms with van der Waals surface area (Å²) in [5, 5.41) is 3.62. The number of aryl methyl sites for hydroxylation is 2. The predicted molar refractivity (Wildman–Crippen MR) is 68.6 cm³/mol. The lowest BCUT2D eigenvalue weighted by atomic mass is 10.0. The second kappa shape index (κ2) is 5.04. The van der Waals surface area contributed by atoms with Crippen LogP contribution in [0.1, 0.15) is 29.2 Å². The summed E-state index contributed by atoms with van der Waals surface area (Å²) < 4.78 is 0. The summed E-state index contributed by atoms with van der Waals surface area (Å²) >= 11 is 2.07. The van der Waals surface area contributed by atoms with Crippen LogP contribution in [-0.2, 0) is 0 Å². The van der Waals surface area contributed by atoms with Gasteiger partial charge in [0.15, 0.2) is 0 Å². The fraction of sp³-hybridized carbons (Fsp3) is 0.538. The molecular formula is C13H19NS. The Morgan fingerprint density at radius 3 is 2.93 bits per heavy atom. The van der Waals surface area contributed by atoms with Crippen LogP contribution in [0.2, 0.25) is 0 Å². The zero-order valence-electron chi connectivity index (χ0n) is 9.55. The van der Waals surface area contributed by atoms with Crippen LogP contribution in [0.25, 0.3) is 0 Å². The van der Waals surface area contributed by atoms with Gasteiger partial charge in [-0.25, -0.2) is 0 Å². The second-order valence-electron chi connectivity index (χ2n) is 4.28. The van der Waals surface area contributed by atoms with E-state index in [1.165, 1.54) is 34.6 Å². The van der Waals surface area contributed by atoms with Gasteiger partial charge >= 0.3 is 0 Å². The van der Waals surface area contributed by atoms with Crippen molar-refractivity contribution in [3.63, 3.8) is 0 Å². The van der Waals surface area contributed by atoms with Gasteiger partial charge in [0.25, 0.3) is 0 Å². The molecule has 0 aliphatic carbocycles. The summed E-state index contributed by atoms with van der Waals surface area (Å²) in [6, 6.07) is 7.39. The van der Waals surface area contributed by atoms with Gasteiger partial charge in [0.2, 0.25) is 0 Å². The first-order valence-corrected chi connectivity index (χ1v) is 6.81. The molecule has 1 aliphatic rings. The van der Waals surface area contributed by atoms with E-state index < -0.39 is 0 Å². The smallest absolute Gasteiger partial charge is 0.0411 e. The maximum absolute atomic E-state index is 3.62. The van der Waals surface area contributed by atoms with Crippen molar-refractivity contribution in [1.29, 1.82) is 0 Å². The van der Waals surface area contributed by atoms with Crippen LogP contribution in [0, 0.1) is 13.8 Å². The lowest BCUT2D eigenvalue weighted by Gasteiger charge is -2.16. The Kier molecular flexibility index (Phi) is 3.71. The lowest BCUT2D eigenvalue weighted by molar-refractivity contribution is 0.589. The van der Waals surface area contributed by atoms with Gasteiger partial charge < -0.3 is 5.32 Å². The third-order valence-electron chi connectivity index (χ3n) is 3.07. The number of nitrogens with one attached hydrogen (secondary N) is 1. The molecule has 1 atom stereocenters. The van der Waals surface area contributed by atoms with Crippen molar-refractivity contribution in [2.75, 3.05) is 18.1 Å². The number of rotatable bonds is 1. The molecule has 1 nitrogen and oxygen atoms in total. The van der Waals surface area contributed by atoms with Crippen LogP contribution in [0.15, 0.2) is 18.2 Å². The maximum atomic E-state index is 3.62. The summed E-state index contributed by atoms with van der Waals surface area (Å²) in [5.41, 5.74) is 4.25. The van der Waals surface area contributed by atoms with E-state index in [9.17, 15) is 0 Å². The number of hydrogen-bond donors (Lipinski definition) is 1. The van der Waals surface area contributed by atoms with Crippen LogP contribution in [0.4, 0.5) is 0 Å². The SMILES string of the molecule is Cc1ccc(C2CSCCCN2)cc1C. The minimum Gasteiger partial charge on any atom is -0.309 e. The zero-order chi connectivity index (χ0) is 10.7. The summed E-state index contributed by atoms with van der Waals surface area (Å²) in [5.74, 6) is 2.51. The Morgan fingerprint density at radius 2 is 2.13 bits per heavy atom. The van der Waals surface area contributed by atoms with Crippen molar-refractivity contribution in [3.05, 3.63) is 34.9 Å². The Bertz CT molecular complexity index is 327. The fourth-order valence-corrected chi connectivity index (χ4v) is 2.97. The van der Waals surface area contributed by atoms with Gasteiger partial charge in [-0.3, -0.25) is 0 Å². The van der Waals surface area contributed by atoms with Gasteiger partial charge in [-0.15, -0.1) is 0 Å². The third-order valence-corrected chi connectivity index (χ3v) is 4.22.